The Balaban J connectivity index is 0.905. The van der Waals surface area contributed by atoms with Gasteiger partial charge in [0.05, 0.1) is 28.7 Å². The van der Waals surface area contributed by atoms with E-state index in [2.05, 4.69) is 46.4 Å². The molecular formula is C51H58F2N12O6S. The number of aliphatic hydroxyl groups excluding tert-OH is 1. The number of benzene rings is 3. The molecule has 18 nitrogen and oxygen atoms in total. The van der Waals surface area contributed by atoms with Crippen molar-refractivity contribution in [2.45, 2.75) is 97.7 Å². The van der Waals surface area contributed by atoms with Gasteiger partial charge >= 0.3 is 0 Å². The zero-order valence-electron chi connectivity index (χ0n) is 40.7. The van der Waals surface area contributed by atoms with Crippen LogP contribution in [-0.2, 0) is 45.4 Å². The largest absolute Gasteiger partial charge is 0.391 e. The van der Waals surface area contributed by atoms with Crippen molar-refractivity contribution in [3.05, 3.63) is 131 Å². The van der Waals surface area contributed by atoms with Crippen LogP contribution in [0.3, 0.4) is 0 Å². The molecule has 0 unspecified atom stereocenters. The lowest BCUT2D eigenvalue weighted by molar-refractivity contribution is -0.144. The smallest absolute Gasteiger partial charge is 0.251 e. The van der Waals surface area contributed by atoms with Gasteiger partial charge in [0.2, 0.25) is 23.6 Å². The van der Waals surface area contributed by atoms with Crippen LogP contribution in [0.2, 0.25) is 0 Å². The van der Waals surface area contributed by atoms with Crippen molar-refractivity contribution in [1.29, 1.82) is 0 Å². The Morgan fingerprint density at radius 2 is 1.67 bits per heavy atom. The lowest BCUT2D eigenvalue weighted by atomic mass is 9.85. The lowest BCUT2D eigenvalue weighted by Gasteiger charge is -2.35. The first-order valence-electron chi connectivity index (χ1n) is 23.5. The maximum Gasteiger partial charge on any atom is 0.251 e. The van der Waals surface area contributed by atoms with Crippen molar-refractivity contribution in [3.8, 4) is 22.0 Å². The number of aromatic nitrogens is 6. The number of hydrogen-bond donors (Lipinski definition) is 5. The van der Waals surface area contributed by atoms with Gasteiger partial charge in [-0.2, -0.15) is 0 Å². The quantitative estimate of drug-likeness (QED) is 0.0646. The van der Waals surface area contributed by atoms with Crippen LogP contribution in [0.15, 0.2) is 90.8 Å². The van der Waals surface area contributed by atoms with Gasteiger partial charge < -0.3 is 40.7 Å². The average Bonchev–Trinajstić information content (AvgIpc) is 4.11. The molecule has 1 fully saturated rings. The number of rotatable bonds is 20. The number of nitrogens with one attached hydrogen (secondary N) is 4. The van der Waals surface area contributed by atoms with Gasteiger partial charge in [0.1, 0.15) is 35.7 Å². The minimum Gasteiger partial charge on any atom is -0.391 e. The second-order valence-corrected chi connectivity index (χ2v) is 19.5. The normalized spacial score (nSPS) is 14.9. The molecule has 21 heteroatoms. The number of thiazole rings is 1. The van der Waals surface area contributed by atoms with Gasteiger partial charge in [-0.15, -0.1) is 21.5 Å². The van der Waals surface area contributed by atoms with Gasteiger partial charge in [0, 0.05) is 82.0 Å². The lowest BCUT2D eigenvalue weighted by Crippen LogP contribution is -2.57. The summed E-state index contributed by atoms with van der Waals surface area (Å²) in [6.45, 7) is 8.02. The number of amides is 5. The zero-order chi connectivity index (χ0) is 51.5. The van der Waals surface area contributed by atoms with E-state index in [-0.39, 0.29) is 62.5 Å². The second-order valence-electron chi connectivity index (χ2n) is 18.6. The van der Waals surface area contributed by atoms with Crippen LogP contribution >= 0.6 is 11.3 Å². The number of likely N-dealkylation sites (tertiary alicyclic amines) is 1. The fourth-order valence-corrected chi connectivity index (χ4v) is 9.06. The summed E-state index contributed by atoms with van der Waals surface area (Å²) in [6.07, 6.45) is 2.24. The number of aryl methyl sites for hydroxylation is 1. The van der Waals surface area contributed by atoms with E-state index in [4.69, 9.17) is 0 Å². The summed E-state index contributed by atoms with van der Waals surface area (Å²) in [7, 11) is 1.64. The molecule has 3 aromatic carbocycles. The molecular weight excluding hydrogens is 947 g/mol. The van der Waals surface area contributed by atoms with Crippen LogP contribution in [0.5, 0.6) is 0 Å². The molecule has 5 N–H and O–H groups in total. The molecule has 0 radical (unpaired) electrons. The third-order valence-electron chi connectivity index (χ3n) is 12.3. The van der Waals surface area contributed by atoms with Gasteiger partial charge in [-0.1, -0.05) is 57.2 Å². The second kappa shape index (κ2) is 23.6. The van der Waals surface area contributed by atoms with E-state index >= 15 is 0 Å². The first-order chi connectivity index (χ1) is 34.5. The summed E-state index contributed by atoms with van der Waals surface area (Å²) < 4.78 is 30.1. The van der Waals surface area contributed by atoms with Gasteiger partial charge in [0.15, 0.2) is 11.6 Å². The molecule has 0 bridgehead atoms. The fourth-order valence-electron chi connectivity index (χ4n) is 8.25. The molecule has 0 aliphatic carbocycles. The molecule has 1 aliphatic rings. The van der Waals surface area contributed by atoms with Gasteiger partial charge in [-0.25, -0.2) is 23.7 Å². The summed E-state index contributed by atoms with van der Waals surface area (Å²) in [5, 5.41) is 31.0. The molecule has 5 amide bonds. The average molecular weight is 1010 g/mol. The number of carbonyl (C=O) groups excluding carboxylic acids is 5. The highest BCUT2D eigenvalue weighted by Crippen LogP contribution is 2.29. The Kier molecular flexibility index (Phi) is 17.1. The van der Waals surface area contributed by atoms with Crippen molar-refractivity contribution < 1.29 is 37.9 Å². The summed E-state index contributed by atoms with van der Waals surface area (Å²) in [6, 6.07) is 17.6. The molecule has 3 aromatic heterocycles. The maximum absolute atomic E-state index is 14.2. The fraction of sp³-hybridized carbons (Fsp3) is 0.373. The highest BCUT2D eigenvalue weighted by atomic mass is 32.1. The van der Waals surface area contributed by atoms with Crippen LogP contribution in [0.1, 0.15) is 79.5 Å². The number of anilines is 1. The van der Waals surface area contributed by atoms with Gasteiger partial charge in [-0.05, 0) is 66.3 Å². The third kappa shape index (κ3) is 13.3. The van der Waals surface area contributed by atoms with Crippen molar-refractivity contribution >= 4 is 46.6 Å². The molecule has 1 saturated heterocycles. The molecule has 72 heavy (non-hydrogen) atoms. The van der Waals surface area contributed by atoms with E-state index < -0.39 is 58.9 Å². The molecule has 4 heterocycles. The minimum absolute atomic E-state index is 0.0489. The Morgan fingerprint density at radius 3 is 2.36 bits per heavy atom. The van der Waals surface area contributed by atoms with E-state index in [9.17, 15) is 37.9 Å². The maximum atomic E-state index is 14.2. The highest BCUT2D eigenvalue weighted by Gasteiger charge is 2.44. The summed E-state index contributed by atoms with van der Waals surface area (Å²) >= 11 is 1.55. The van der Waals surface area contributed by atoms with Crippen molar-refractivity contribution in [1.82, 2.24) is 55.5 Å². The van der Waals surface area contributed by atoms with Crippen LogP contribution in [-0.4, -0.2) is 112 Å². The third-order valence-corrected chi connectivity index (χ3v) is 13.3. The Bertz CT molecular complexity index is 2850. The number of β-amino-alcohol motifs (C(OH)–C–C–N with tert-alkyl or cyclic N) is 1. The van der Waals surface area contributed by atoms with E-state index in [1.165, 1.54) is 22.2 Å². The summed E-state index contributed by atoms with van der Waals surface area (Å²) in [4.78, 5) is 84.0. The predicted octanol–water partition coefficient (Wildman–Crippen LogP) is 5.43. The molecule has 0 spiro atoms. The topological polar surface area (TPSA) is 230 Å². The van der Waals surface area contributed by atoms with Gasteiger partial charge in [-0.3, -0.25) is 24.0 Å². The number of nitrogens with zero attached hydrogens (tertiary/aromatic N) is 8. The molecule has 3 atom stereocenters. The molecule has 7 rings (SSSR count). The number of carbonyl (C=O) groups is 5. The standard InChI is InChI=1S/C51H58F2N12O6S/c1-31-45(72-30-59-31)33-15-13-32(14-16-33)25-56-49(70)41-24-36(66)28-65(41)50(71)46(51(2,3)4)60-43(67)17-18-44(68)63(5)21-8-22-64-42(61-62-47(64)40-19-20-54-29-58-40)27-55-35-10-6-9-34(23-35)48(69)57-26-37-38(52)11-7-12-39(37)53/h6-7,9-16,19-20,23,29-30,36,41,46,55,66H,8,17-18,21-22,24-28H2,1-5H3,(H,56,70)(H,57,69)(H,60,67)/t36-,41+,46-/m1/s1. The molecule has 1 aliphatic heterocycles. The van der Waals surface area contributed by atoms with Crippen LogP contribution in [0, 0.1) is 24.0 Å². The van der Waals surface area contributed by atoms with Crippen molar-refractivity contribution in [2.24, 2.45) is 5.41 Å². The Morgan fingerprint density at radius 1 is 0.917 bits per heavy atom. The number of halogens is 2. The van der Waals surface area contributed by atoms with E-state index in [1.54, 1.807) is 81.2 Å². The first-order valence-corrected chi connectivity index (χ1v) is 24.4. The molecule has 378 valence electrons. The summed E-state index contributed by atoms with van der Waals surface area (Å²) in [5.74, 6) is -2.75. The number of aliphatic hydroxyl groups is 1. The van der Waals surface area contributed by atoms with Crippen molar-refractivity contribution in [3.63, 3.8) is 0 Å². The van der Waals surface area contributed by atoms with E-state index in [0.717, 1.165) is 33.8 Å². The Hall–Kier alpha value is -7.52. The first kappa shape index (κ1) is 52.3. The predicted molar refractivity (Wildman–Crippen MR) is 265 cm³/mol. The van der Waals surface area contributed by atoms with E-state index in [0.29, 0.717) is 42.5 Å². The molecule has 0 saturated carbocycles. The zero-order valence-corrected chi connectivity index (χ0v) is 41.5. The highest BCUT2D eigenvalue weighted by molar-refractivity contribution is 7.13. The van der Waals surface area contributed by atoms with Gasteiger partial charge in [0.25, 0.3) is 5.91 Å². The Labute approximate surface area is 419 Å². The minimum atomic E-state index is -1.05. The van der Waals surface area contributed by atoms with Crippen LogP contribution in [0.25, 0.3) is 22.0 Å². The van der Waals surface area contributed by atoms with Crippen LogP contribution < -0.4 is 21.3 Å². The molecule has 6 aromatic rings. The summed E-state index contributed by atoms with van der Waals surface area (Å²) in [5.41, 5.74) is 4.96. The van der Waals surface area contributed by atoms with Crippen LogP contribution in [0.4, 0.5) is 14.5 Å². The van der Waals surface area contributed by atoms with E-state index in [1.807, 2.05) is 35.8 Å². The number of hydrogen-bond acceptors (Lipinski definition) is 13. The monoisotopic (exact) mass is 1000 g/mol. The van der Waals surface area contributed by atoms with Crippen molar-refractivity contribution in [2.75, 3.05) is 25.5 Å². The SMILES string of the molecule is Cc1ncsc1-c1ccc(CNC(=O)[C@@H]2C[C@@H](O)CN2C(=O)[C@@H](NC(=O)CCC(=O)N(C)CCCn2c(CNc3cccc(C(=O)NCc4c(F)cccc4F)c3)nnc2-c2ccncn2)C(C)(C)C)cc1.